The SMILES string of the molecule is Cc1csc(OC2CCCC2N(C)C)n1. The van der Waals surface area contributed by atoms with Gasteiger partial charge in [0, 0.05) is 11.4 Å². The van der Waals surface area contributed by atoms with Gasteiger partial charge in [0.25, 0.3) is 5.19 Å². The predicted molar refractivity (Wildman–Crippen MR) is 62.6 cm³/mol. The van der Waals surface area contributed by atoms with Gasteiger partial charge in [0.15, 0.2) is 0 Å². The summed E-state index contributed by atoms with van der Waals surface area (Å²) >= 11 is 1.60. The van der Waals surface area contributed by atoms with Gasteiger partial charge in [0.05, 0.1) is 5.69 Å². The summed E-state index contributed by atoms with van der Waals surface area (Å²) in [6.45, 7) is 2.00. The molecule has 0 aromatic carbocycles. The first-order valence-corrected chi connectivity index (χ1v) is 6.30. The zero-order valence-electron chi connectivity index (χ0n) is 9.56. The number of thiazole rings is 1. The number of ether oxygens (including phenoxy) is 1. The van der Waals surface area contributed by atoms with Crippen molar-refractivity contribution in [3.05, 3.63) is 11.1 Å². The van der Waals surface area contributed by atoms with Crippen LogP contribution in [0.3, 0.4) is 0 Å². The average molecular weight is 226 g/mol. The standard InChI is InChI=1S/C11H18N2OS/c1-8-7-15-11(12-8)14-10-6-4-5-9(10)13(2)3/h7,9-10H,4-6H2,1-3H3. The van der Waals surface area contributed by atoms with Gasteiger partial charge in [-0.05, 0) is 40.3 Å². The van der Waals surface area contributed by atoms with Crippen molar-refractivity contribution in [2.24, 2.45) is 0 Å². The first kappa shape index (κ1) is 10.9. The Labute approximate surface area is 95.1 Å². The summed E-state index contributed by atoms with van der Waals surface area (Å²) in [6.07, 6.45) is 3.98. The minimum absolute atomic E-state index is 0.325. The lowest BCUT2D eigenvalue weighted by Crippen LogP contribution is -2.38. The molecule has 1 heterocycles. The number of hydrogen-bond acceptors (Lipinski definition) is 4. The van der Waals surface area contributed by atoms with Crippen LogP contribution in [-0.2, 0) is 0 Å². The second-order valence-electron chi connectivity index (χ2n) is 4.37. The van der Waals surface area contributed by atoms with Crippen LogP contribution in [-0.4, -0.2) is 36.1 Å². The molecule has 0 bridgehead atoms. The molecule has 15 heavy (non-hydrogen) atoms. The van der Waals surface area contributed by atoms with Crippen molar-refractivity contribution in [2.75, 3.05) is 14.1 Å². The molecule has 0 amide bonds. The molecule has 0 spiro atoms. The minimum atomic E-state index is 0.325. The van der Waals surface area contributed by atoms with Crippen LogP contribution in [0.1, 0.15) is 25.0 Å². The Balaban J connectivity index is 1.99. The Hall–Kier alpha value is -0.610. The smallest absolute Gasteiger partial charge is 0.273 e. The average Bonchev–Trinajstić information content (AvgIpc) is 2.75. The lowest BCUT2D eigenvalue weighted by Gasteiger charge is -2.25. The third kappa shape index (κ3) is 2.49. The van der Waals surface area contributed by atoms with Crippen LogP contribution < -0.4 is 4.74 Å². The minimum Gasteiger partial charge on any atom is -0.465 e. The molecule has 1 aliphatic rings. The molecular weight excluding hydrogens is 208 g/mol. The molecule has 1 fully saturated rings. The third-order valence-corrected chi connectivity index (χ3v) is 3.78. The Bertz CT molecular complexity index is 324. The maximum Gasteiger partial charge on any atom is 0.273 e. The van der Waals surface area contributed by atoms with Crippen molar-refractivity contribution in [2.45, 2.75) is 38.3 Å². The van der Waals surface area contributed by atoms with Gasteiger partial charge < -0.3 is 9.64 Å². The van der Waals surface area contributed by atoms with E-state index in [0.29, 0.717) is 12.1 Å². The largest absolute Gasteiger partial charge is 0.465 e. The van der Waals surface area contributed by atoms with Gasteiger partial charge in [0.1, 0.15) is 6.10 Å². The first-order valence-electron chi connectivity index (χ1n) is 5.42. The Morgan fingerprint density at radius 2 is 2.27 bits per heavy atom. The van der Waals surface area contributed by atoms with Gasteiger partial charge in [-0.3, -0.25) is 0 Å². The molecule has 2 rings (SSSR count). The highest BCUT2D eigenvalue weighted by Gasteiger charge is 2.31. The summed E-state index contributed by atoms with van der Waals surface area (Å²) < 4.78 is 5.94. The van der Waals surface area contributed by atoms with Crippen molar-refractivity contribution in [3.63, 3.8) is 0 Å². The van der Waals surface area contributed by atoms with E-state index in [1.54, 1.807) is 11.3 Å². The summed E-state index contributed by atoms with van der Waals surface area (Å²) in [4.78, 5) is 6.61. The summed E-state index contributed by atoms with van der Waals surface area (Å²) in [5, 5.41) is 2.86. The molecule has 1 aromatic rings. The van der Waals surface area contributed by atoms with Gasteiger partial charge >= 0.3 is 0 Å². The highest BCUT2D eigenvalue weighted by Crippen LogP contribution is 2.28. The summed E-state index contributed by atoms with van der Waals surface area (Å²) in [5.74, 6) is 0. The van der Waals surface area contributed by atoms with E-state index in [9.17, 15) is 0 Å². The molecular formula is C11H18N2OS. The number of aryl methyl sites for hydroxylation is 1. The van der Waals surface area contributed by atoms with Crippen molar-refractivity contribution in [3.8, 4) is 5.19 Å². The molecule has 1 aromatic heterocycles. The molecule has 1 saturated carbocycles. The highest BCUT2D eigenvalue weighted by molar-refractivity contribution is 7.11. The van der Waals surface area contributed by atoms with E-state index in [2.05, 4.69) is 24.0 Å². The van der Waals surface area contributed by atoms with Crippen LogP contribution in [0.5, 0.6) is 5.19 Å². The number of nitrogens with zero attached hydrogens (tertiary/aromatic N) is 2. The normalized spacial score (nSPS) is 26.1. The van der Waals surface area contributed by atoms with Gasteiger partial charge in [-0.1, -0.05) is 11.3 Å². The Kier molecular flexibility index (Phi) is 3.26. The van der Waals surface area contributed by atoms with Gasteiger partial charge in [0.2, 0.25) is 0 Å². The summed E-state index contributed by atoms with van der Waals surface area (Å²) in [7, 11) is 4.25. The van der Waals surface area contributed by atoms with E-state index in [0.717, 1.165) is 17.3 Å². The second-order valence-corrected chi connectivity index (χ2v) is 5.19. The highest BCUT2D eigenvalue weighted by atomic mass is 32.1. The Morgan fingerprint density at radius 1 is 1.47 bits per heavy atom. The van der Waals surface area contributed by atoms with E-state index in [1.807, 2.05) is 12.3 Å². The molecule has 4 heteroatoms. The maximum atomic E-state index is 5.94. The zero-order valence-corrected chi connectivity index (χ0v) is 10.4. The lowest BCUT2D eigenvalue weighted by molar-refractivity contribution is 0.120. The van der Waals surface area contributed by atoms with E-state index < -0.39 is 0 Å². The Morgan fingerprint density at radius 3 is 2.87 bits per heavy atom. The maximum absolute atomic E-state index is 5.94. The van der Waals surface area contributed by atoms with E-state index in [-0.39, 0.29) is 0 Å². The molecule has 0 aliphatic heterocycles. The molecule has 0 N–H and O–H groups in total. The van der Waals surface area contributed by atoms with Crippen molar-refractivity contribution in [1.29, 1.82) is 0 Å². The van der Waals surface area contributed by atoms with E-state index in [4.69, 9.17) is 4.74 Å². The molecule has 0 saturated heterocycles. The van der Waals surface area contributed by atoms with E-state index in [1.165, 1.54) is 12.8 Å². The molecule has 2 unspecified atom stereocenters. The van der Waals surface area contributed by atoms with Crippen LogP contribution in [0.15, 0.2) is 5.38 Å². The summed E-state index contributed by atoms with van der Waals surface area (Å²) in [5.41, 5.74) is 1.05. The van der Waals surface area contributed by atoms with Crippen molar-refractivity contribution in [1.82, 2.24) is 9.88 Å². The molecule has 84 valence electrons. The van der Waals surface area contributed by atoms with E-state index >= 15 is 0 Å². The fraction of sp³-hybridized carbons (Fsp3) is 0.727. The number of aromatic nitrogens is 1. The van der Waals surface area contributed by atoms with Gasteiger partial charge in [-0.15, -0.1) is 0 Å². The number of hydrogen-bond donors (Lipinski definition) is 0. The molecule has 0 radical (unpaired) electrons. The fourth-order valence-corrected chi connectivity index (χ4v) is 2.85. The zero-order chi connectivity index (χ0) is 10.8. The van der Waals surface area contributed by atoms with Crippen LogP contribution in [0.25, 0.3) is 0 Å². The molecule has 2 atom stereocenters. The molecule has 3 nitrogen and oxygen atoms in total. The predicted octanol–water partition coefficient (Wildman–Crippen LogP) is 2.31. The van der Waals surface area contributed by atoms with Crippen molar-refractivity contribution < 1.29 is 4.74 Å². The fourth-order valence-electron chi connectivity index (χ4n) is 2.15. The van der Waals surface area contributed by atoms with Gasteiger partial charge in [-0.25, -0.2) is 4.98 Å². The number of rotatable bonds is 3. The molecule has 1 aliphatic carbocycles. The van der Waals surface area contributed by atoms with Gasteiger partial charge in [-0.2, -0.15) is 0 Å². The topological polar surface area (TPSA) is 25.4 Å². The lowest BCUT2D eigenvalue weighted by atomic mass is 10.2. The monoisotopic (exact) mass is 226 g/mol. The van der Waals surface area contributed by atoms with Crippen LogP contribution in [0.2, 0.25) is 0 Å². The van der Waals surface area contributed by atoms with Crippen LogP contribution in [0, 0.1) is 6.92 Å². The van der Waals surface area contributed by atoms with Crippen molar-refractivity contribution >= 4 is 11.3 Å². The van der Waals surface area contributed by atoms with Crippen LogP contribution in [0.4, 0.5) is 0 Å². The third-order valence-electron chi connectivity index (χ3n) is 2.93. The quantitative estimate of drug-likeness (QED) is 0.791. The van der Waals surface area contributed by atoms with Crippen LogP contribution >= 0.6 is 11.3 Å². The summed E-state index contributed by atoms with van der Waals surface area (Å²) in [6, 6.07) is 0.550. The first-order chi connectivity index (χ1) is 7.16. The second kappa shape index (κ2) is 4.49. The number of likely N-dealkylation sites (N-methyl/N-ethyl adjacent to an activating group) is 1.